The average molecular weight is 247 g/mol. The molecule has 0 fully saturated rings. The van der Waals surface area contributed by atoms with Crippen LogP contribution in [0.25, 0.3) is 0 Å². The number of nitrogens with zero attached hydrogens (tertiary/aromatic N) is 2. The first-order valence-electron chi connectivity index (χ1n) is 5.96. The summed E-state index contributed by atoms with van der Waals surface area (Å²) in [5.74, 6) is 0. The smallest absolute Gasteiger partial charge is 0.101 e. The summed E-state index contributed by atoms with van der Waals surface area (Å²) in [6, 6.07) is 7.76. The van der Waals surface area contributed by atoms with Crippen molar-refractivity contribution in [1.82, 2.24) is 4.90 Å². The number of likely N-dealkylation sites (N-methyl/N-ethyl adjacent to an activating group) is 1. The molecule has 0 aliphatic carbocycles. The van der Waals surface area contributed by atoms with Crippen LogP contribution in [-0.4, -0.2) is 42.8 Å². The van der Waals surface area contributed by atoms with Crippen LogP contribution in [0.1, 0.15) is 18.1 Å². The Morgan fingerprint density at radius 1 is 1.44 bits per heavy atom. The molecule has 0 bridgehead atoms. The largest absolute Gasteiger partial charge is 0.387 e. The minimum absolute atomic E-state index is 0.406. The third-order valence-corrected chi connectivity index (χ3v) is 2.61. The third-order valence-electron chi connectivity index (χ3n) is 2.61. The molecule has 98 valence electrons. The molecule has 0 spiro atoms. The highest BCUT2D eigenvalue weighted by Gasteiger charge is 2.21. The van der Waals surface area contributed by atoms with Gasteiger partial charge in [0.2, 0.25) is 0 Å². The first-order valence-corrected chi connectivity index (χ1v) is 5.96. The molecule has 0 amide bonds. The Balaban J connectivity index is 2.74. The molecule has 1 atom stereocenters. The minimum Gasteiger partial charge on any atom is -0.387 e. The van der Waals surface area contributed by atoms with Crippen molar-refractivity contribution in [2.24, 2.45) is 0 Å². The maximum absolute atomic E-state index is 10.2. The fourth-order valence-corrected chi connectivity index (χ4v) is 1.92. The summed E-state index contributed by atoms with van der Waals surface area (Å²) in [5, 5.41) is 22.4. The molecule has 0 saturated carbocycles. The van der Waals surface area contributed by atoms with Gasteiger partial charge in [-0.1, -0.05) is 6.07 Å². The number of nitriles is 1. The number of hydrogen-bond acceptors (Lipinski definition) is 4. The SMILES string of the molecule is Cc1ccc(C#N)c(NCC(C)(O)CN(C)C)c1. The van der Waals surface area contributed by atoms with Gasteiger partial charge in [0.15, 0.2) is 0 Å². The van der Waals surface area contributed by atoms with Crippen LogP contribution in [0.3, 0.4) is 0 Å². The van der Waals surface area contributed by atoms with Crippen molar-refractivity contribution < 1.29 is 5.11 Å². The highest BCUT2D eigenvalue weighted by atomic mass is 16.3. The van der Waals surface area contributed by atoms with Gasteiger partial charge in [-0.15, -0.1) is 0 Å². The summed E-state index contributed by atoms with van der Waals surface area (Å²) in [5.41, 5.74) is 1.63. The van der Waals surface area contributed by atoms with Gasteiger partial charge in [0.1, 0.15) is 6.07 Å². The molecule has 1 rings (SSSR count). The fourth-order valence-electron chi connectivity index (χ4n) is 1.92. The molecule has 1 aromatic carbocycles. The average Bonchev–Trinajstić information content (AvgIpc) is 2.25. The van der Waals surface area contributed by atoms with E-state index in [9.17, 15) is 5.11 Å². The zero-order valence-corrected chi connectivity index (χ0v) is 11.5. The molecular weight excluding hydrogens is 226 g/mol. The Morgan fingerprint density at radius 2 is 2.11 bits per heavy atom. The Labute approximate surface area is 109 Å². The van der Waals surface area contributed by atoms with Crippen molar-refractivity contribution in [3.8, 4) is 6.07 Å². The summed E-state index contributed by atoms with van der Waals surface area (Å²) in [6.07, 6.45) is 0. The van der Waals surface area contributed by atoms with E-state index in [0.29, 0.717) is 18.7 Å². The zero-order chi connectivity index (χ0) is 13.8. The van der Waals surface area contributed by atoms with Crippen LogP contribution in [0.4, 0.5) is 5.69 Å². The summed E-state index contributed by atoms with van der Waals surface area (Å²) >= 11 is 0. The van der Waals surface area contributed by atoms with E-state index in [0.717, 1.165) is 11.3 Å². The molecular formula is C14H21N3O. The Bertz CT molecular complexity index is 447. The van der Waals surface area contributed by atoms with E-state index in [2.05, 4.69) is 11.4 Å². The second kappa shape index (κ2) is 5.85. The quantitative estimate of drug-likeness (QED) is 0.829. The van der Waals surface area contributed by atoms with Crippen molar-refractivity contribution in [1.29, 1.82) is 5.26 Å². The highest BCUT2D eigenvalue weighted by Crippen LogP contribution is 2.17. The number of aliphatic hydroxyl groups is 1. The van der Waals surface area contributed by atoms with Crippen LogP contribution >= 0.6 is 0 Å². The molecule has 0 aliphatic rings. The van der Waals surface area contributed by atoms with Gasteiger partial charge in [-0.3, -0.25) is 0 Å². The number of aryl methyl sites for hydroxylation is 1. The summed E-state index contributed by atoms with van der Waals surface area (Å²) in [4.78, 5) is 1.93. The lowest BCUT2D eigenvalue weighted by Gasteiger charge is -2.27. The van der Waals surface area contributed by atoms with Gasteiger partial charge in [0.05, 0.1) is 16.9 Å². The predicted octanol–water partition coefficient (Wildman–Crippen LogP) is 1.59. The van der Waals surface area contributed by atoms with Crippen molar-refractivity contribution >= 4 is 5.69 Å². The molecule has 0 saturated heterocycles. The molecule has 18 heavy (non-hydrogen) atoms. The standard InChI is InChI=1S/C14H21N3O/c1-11-5-6-12(8-15)13(7-11)16-9-14(2,18)10-17(3)4/h5-7,16,18H,9-10H2,1-4H3. The minimum atomic E-state index is -0.833. The Morgan fingerprint density at radius 3 is 2.67 bits per heavy atom. The molecule has 0 aromatic heterocycles. The molecule has 1 aromatic rings. The van der Waals surface area contributed by atoms with E-state index in [1.807, 2.05) is 38.1 Å². The first-order chi connectivity index (χ1) is 8.34. The topological polar surface area (TPSA) is 59.3 Å². The van der Waals surface area contributed by atoms with Gasteiger partial charge < -0.3 is 15.3 Å². The third kappa shape index (κ3) is 4.36. The lowest BCUT2D eigenvalue weighted by molar-refractivity contribution is 0.0460. The Hall–Kier alpha value is -1.57. The van der Waals surface area contributed by atoms with Crippen molar-refractivity contribution in [2.75, 3.05) is 32.5 Å². The number of nitrogens with one attached hydrogen (secondary N) is 1. The van der Waals surface area contributed by atoms with Crippen molar-refractivity contribution in [2.45, 2.75) is 19.4 Å². The molecule has 2 N–H and O–H groups in total. The van der Waals surface area contributed by atoms with Gasteiger partial charge in [-0.05, 0) is 45.6 Å². The van der Waals surface area contributed by atoms with Crippen LogP contribution in [-0.2, 0) is 0 Å². The van der Waals surface area contributed by atoms with Crippen LogP contribution in [0.5, 0.6) is 0 Å². The molecule has 1 unspecified atom stereocenters. The normalized spacial score (nSPS) is 14.1. The monoisotopic (exact) mass is 247 g/mol. The molecule has 0 heterocycles. The van der Waals surface area contributed by atoms with Crippen LogP contribution in [0.2, 0.25) is 0 Å². The van der Waals surface area contributed by atoms with Crippen LogP contribution in [0, 0.1) is 18.3 Å². The van der Waals surface area contributed by atoms with Gasteiger partial charge in [0, 0.05) is 13.1 Å². The van der Waals surface area contributed by atoms with E-state index in [1.54, 1.807) is 13.0 Å². The number of anilines is 1. The van der Waals surface area contributed by atoms with E-state index in [4.69, 9.17) is 5.26 Å². The van der Waals surface area contributed by atoms with E-state index >= 15 is 0 Å². The zero-order valence-electron chi connectivity index (χ0n) is 11.5. The van der Waals surface area contributed by atoms with Crippen LogP contribution < -0.4 is 5.32 Å². The van der Waals surface area contributed by atoms with Crippen molar-refractivity contribution in [3.63, 3.8) is 0 Å². The second-order valence-electron chi connectivity index (χ2n) is 5.25. The highest BCUT2D eigenvalue weighted by molar-refractivity contribution is 5.58. The van der Waals surface area contributed by atoms with Gasteiger partial charge in [-0.25, -0.2) is 0 Å². The number of rotatable bonds is 5. The molecule has 4 nitrogen and oxygen atoms in total. The maximum atomic E-state index is 10.2. The molecule has 0 aliphatic heterocycles. The van der Waals surface area contributed by atoms with E-state index in [1.165, 1.54) is 0 Å². The summed E-state index contributed by atoms with van der Waals surface area (Å²) in [7, 11) is 3.84. The molecule has 0 radical (unpaired) electrons. The lowest BCUT2D eigenvalue weighted by atomic mass is 10.1. The second-order valence-corrected chi connectivity index (χ2v) is 5.25. The summed E-state index contributed by atoms with van der Waals surface area (Å²) < 4.78 is 0. The van der Waals surface area contributed by atoms with Gasteiger partial charge in [0.25, 0.3) is 0 Å². The van der Waals surface area contributed by atoms with E-state index in [-0.39, 0.29) is 0 Å². The van der Waals surface area contributed by atoms with Crippen LogP contribution in [0.15, 0.2) is 18.2 Å². The van der Waals surface area contributed by atoms with Crippen molar-refractivity contribution in [3.05, 3.63) is 29.3 Å². The molecule has 4 heteroatoms. The van der Waals surface area contributed by atoms with Gasteiger partial charge in [-0.2, -0.15) is 5.26 Å². The number of hydrogen-bond donors (Lipinski definition) is 2. The fraction of sp³-hybridized carbons (Fsp3) is 0.500. The van der Waals surface area contributed by atoms with Gasteiger partial charge >= 0.3 is 0 Å². The lowest BCUT2D eigenvalue weighted by Crippen LogP contribution is -2.43. The maximum Gasteiger partial charge on any atom is 0.101 e. The summed E-state index contributed by atoms with van der Waals surface area (Å²) in [6.45, 7) is 4.73. The predicted molar refractivity (Wildman–Crippen MR) is 73.6 cm³/mol. The Kier molecular flexibility index (Phi) is 4.71. The number of benzene rings is 1. The van der Waals surface area contributed by atoms with E-state index < -0.39 is 5.60 Å². The first kappa shape index (κ1) is 14.5.